The first-order valence-corrected chi connectivity index (χ1v) is 18.8. The van der Waals surface area contributed by atoms with Crippen molar-refractivity contribution >= 4 is 11.9 Å². The third-order valence-electron chi connectivity index (χ3n) is 11.5. The first-order valence-electron chi connectivity index (χ1n) is 18.8. The minimum atomic E-state index is -0.478. The number of benzene rings is 3. The highest BCUT2D eigenvalue weighted by Crippen LogP contribution is 2.46. The van der Waals surface area contributed by atoms with Gasteiger partial charge in [-0.3, -0.25) is 0 Å². The van der Waals surface area contributed by atoms with Gasteiger partial charge < -0.3 is 9.47 Å². The molecule has 0 saturated heterocycles. The Labute approximate surface area is 290 Å². The molecule has 258 valence electrons. The molecule has 0 aromatic heterocycles. The first-order chi connectivity index (χ1) is 23.2. The molecule has 48 heavy (non-hydrogen) atoms. The highest BCUT2D eigenvalue weighted by Gasteiger charge is 2.35. The summed E-state index contributed by atoms with van der Waals surface area (Å²) in [6, 6.07) is 0. The van der Waals surface area contributed by atoms with Crippen LogP contribution in [0.5, 0.6) is 0 Å². The predicted molar refractivity (Wildman–Crippen MR) is 197 cm³/mol. The lowest BCUT2D eigenvalue weighted by Gasteiger charge is -2.36. The van der Waals surface area contributed by atoms with Crippen LogP contribution in [-0.4, -0.2) is 26.2 Å². The Morgan fingerprint density at radius 3 is 0.979 bits per heavy atom. The van der Waals surface area contributed by atoms with Crippen molar-refractivity contribution in [1.29, 1.82) is 0 Å². The van der Waals surface area contributed by atoms with E-state index in [2.05, 4.69) is 41.5 Å². The lowest BCUT2D eigenvalue weighted by atomic mass is 9.68. The number of esters is 2. The maximum Gasteiger partial charge on any atom is 0.339 e. The van der Waals surface area contributed by atoms with Crippen LogP contribution in [-0.2, 0) is 73.7 Å². The normalized spacial score (nSPS) is 13.0. The Balaban J connectivity index is 1.80. The average molecular weight is 651 g/mol. The molecule has 0 heterocycles. The molecular formula is C44H58O4. The first kappa shape index (κ1) is 35.9. The number of rotatable bonds is 12. The van der Waals surface area contributed by atoms with Crippen molar-refractivity contribution in [3.8, 4) is 0 Å². The minimum absolute atomic E-state index is 0.351. The zero-order valence-electron chi connectivity index (χ0n) is 31.5. The fraction of sp³-hybridized carbons (Fsp3) is 0.545. The molecular weight excluding hydrogens is 592 g/mol. The number of hydrogen-bond donors (Lipinski definition) is 0. The maximum absolute atomic E-state index is 13.2. The largest absolute Gasteiger partial charge is 0.465 e. The summed E-state index contributed by atoms with van der Waals surface area (Å²) in [4.78, 5) is 26.3. The Morgan fingerprint density at radius 2 is 0.708 bits per heavy atom. The molecule has 0 saturated carbocycles. The number of fused-ring (bicyclic) bond motifs is 4. The fourth-order valence-corrected chi connectivity index (χ4v) is 9.56. The standard InChI is InChI=1S/C44H58O4/c1-11-17-29-30(18-12-2)32(20-14-4)40-24-38-28(16-6)36-22-34-26(8)42(44(46)48-10)41(43(45)47-9)25(7)33(34)21-35(36)27(15-5)37(38)23-39(40)31(29)19-13-3/h11-24H2,1-10H3. The summed E-state index contributed by atoms with van der Waals surface area (Å²) in [5, 5.41) is 0. The van der Waals surface area contributed by atoms with Gasteiger partial charge in [0.1, 0.15) is 0 Å². The van der Waals surface area contributed by atoms with Crippen LogP contribution in [0, 0.1) is 13.8 Å². The molecule has 0 spiro atoms. The van der Waals surface area contributed by atoms with Crippen LogP contribution in [0.2, 0.25) is 0 Å². The number of hydrogen-bond acceptors (Lipinski definition) is 4. The van der Waals surface area contributed by atoms with Gasteiger partial charge in [0.05, 0.1) is 25.3 Å². The van der Waals surface area contributed by atoms with E-state index in [9.17, 15) is 9.59 Å². The molecule has 4 heteroatoms. The number of carbonyl (C=O) groups excluding carboxylic acids is 2. The molecule has 5 rings (SSSR count). The molecule has 2 aliphatic carbocycles. The SMILES string of the molecule is CCCc1c(CCC)c(CCC)c2c(c1CCC)Cc1c(CC)c3c(c(CC)c1C2)Cc1c(C)c(C(=O)OC)c(C(=O)OC)c(C)c1C3. The second kappa shape index (κ2) is 15.0. The quantitative estimate of drug-likeness (QED) is 0.126. The van der Waals surface area contributed by atoms with E-state index in [4.69, 9.17) is 9.47 Å². The molecule has 0 radical (unpaired) electrons. The molecule has 0 atom stereocenters. The third-order valence-corrected chi connectivity index (χ3v) is 11.5. The summed E-state index contributed by atoms with van der Waals surface area (Å²) in [5.41, 5.74) is 23.8. The zero-order valence-corrected chi connectivity index (χ0v) is 31.5. The van der Waals surface area contributed by atoms with Crippen LogP contribution in [0.3, 0.4) is 0 Å². The van der Waals surface area contributed by atoms with Gasteiger partial charge in [-0.2, -0.15) is 0 Å². The van der Waals surface area contributed by atoms with Gasteiger partial charge in [-0.25, -0.2) is 9.59 Å². The van der Waals surface area contributed by atoms with E-state index in [1.807, 2.05) is 13.8 Å². The molecule has 0 aliphatic heterocycles. The second-order valence-corrected chi connectivity index (χ2v) is 14.1. The van der Waals surface area contributed by atoms with E-state index in [1.165, 1.54) is 86.1 Å². The van der Waals surface area contributed by atoms with Crippen LogP contribution in [0.15, 0.2) is 0 Å². The van der Waals surface area contributed by atoms with Crippen LogP contribution >= 0.6 is 0 Å². The number of ether oxygens (including phenoxy) is 2. The highest BCUT2D eigenvalue weighted by atomic mass is 16.5. The second-order valence-electron chi connectivity index (χ2n) is 14.1. The maximum atomic E-state index is 13.2. The van der Waals surface area contributed by atoms with Crippen molar-refractivity contribution in [2.24, 2.45) is 0 Å². The predicted octanol–water partition coefficient (Wildman–Crippen LogP) is 9.80. The van der Waals surface area contributed by atoms with E-state index in [-0.39, 0.29) is 0 Å². The van der Waals surface area contributed by atoms with Gasteiger partial charge in [-0.1, -0.05) is 67.2 Å². The van der Waals surface area contributed by atoms with Crippen molar-refractivity contribution in [1.82, 2.24) is 0 Å². The van der Waals surface area contributed by atoms with Crippen molar-refractivity contribution in [2.45, 2.75) is 145 Å². The van der Waals surface area contributed by atoms with E-state index < -0.39 is 11.9 Å². The summed E-state index contributed by atoms with van der Waals surface area (Å²) in [6.07, 6.45) is 15.0. The van der Waals surface area contributed by atoms with E-state index in [1.54, 1.807) is 44.5 Å². The van der Waals surface area contributed by atoms with Gasteiger partial charge in [-0.05, 0) is 167 Å². The zero-order chi connectivity index (χ0) is 34.9. The minimum Gasteiger partial charge on any atom is -0.465 e. The Bertz CT molecular complexity index is 1630. The molecule has 0 bridgehead atoms. The molecule has 3 aromatic carbocycles. The molecule has 2 aliphatic rings. The summed E-state index contributed by atoms with van der Waals surface area (Å²) < 4.78 is 10.4. The summed E-state index contributed by atoms with van der Waals surface area (Å²) in [7, 11) is 2.77. The Morgan fingerprint density at radius 1 is 0.438 bits per heavy atom. The number of methoxy groups -OCH3 is 2. The van der Waals surface area contributed by atoms with E-state index in [0.717, 1.165) is 62.5 Å². The van der Waals surface area contributed by atoms with Gasteiger partial charge in [0.25, 0.3) is 0 Å². The topological polar surface area (TPSA) is 52.6 Å². The van der Waals surface area contributed by atoms with Crippen LogP contribution in [0.1, 0.15) is 177 Å². The van der Waals surface area contributed by atoms with Crippen LogP contribution in [0.4, 0.5) is 0 Å². The van der Waals surface area contributed by atoms with E-state index in [0.29, 0.717) is 11.1 Å². The molecule has 3 aromatic rings. The molecule has 0 unspecified atom stereocenters. The van der Waals surface area contributed by atoms with Gasteiger partial charge in [0.15, 0.2) is 0 Å². The lowest BCUT2D eigenvalue weighted by Crippen LogP contribution is -2.26. The monoisotopic (exact) mass is 650 g/mol. The van der Waals surface area contributed by atoms with Gasteiger partial charge >= 0.3 is 11.9 Å². The smallest absolute Gasteiger partial charge is 0.339 e. The van der Waals surface area contributed by atoms with Crippen molar-refractivity contribution in [3.05, 3.63) is 100 Å². The number of carbonyl (C=O) groups is 2. The van der Waals surface area contributed by atoms with Crippen molar-refractivity contribution in [3.63, 3.8) is 0 Å². The molecule has 0 amide bonds. The van der Waals surface area contributed by atoms with Crippen molar-refractivity contribution in [2.75, 3.05) is 14.2 Å². The lowest BCUT2D eigenvalue weighted by molar-refractivity contribution is 0.0553. The van der Waals surface area contributed by atoms with Gasteiger partial charge in [-0.15, -0.1) is 0 Å². The third kappa shape index (κ3) is 5.81. The fourth-order valence-electron chi connectivity index (χ4n) is 9.56. The Kier molecular flexibility index (Phi) is 11.2. The average Bonchev–Trinajstić information content (AvgIpc) is 3.09. The van der Waals surface area contributed by atoms with Crippen LogP contribution < -0.4 is 0 Å². The summed E-state index contributed by atoms with van der Waals surface area (Å²) in [5.74, 6) is -0.957. The van der Waals surface area contributed by atoms with Gasteiger partial charge in [0, 0.05) is 0 Å². The summed E-state index contributed by atoms with van der Waals surface area (Å²) in [6.45, 7) is 18.0. The summed E-state index contributed by atoms with van der Waals surface area (Å²) >= 11 is 0. The molecule has 0 N–H and O–H groups in total. The molecule has 4 nitrogen and oxygen atoms in total. The van der Waals surface area contributed by atoms with E-state index >= 15 is 0 Å². The van der Waals surface area contributed by atoms with Gasteiger partial charge in [0.2, 0.25) is 0 Å². The highest BCUT2D eigenvalue weighted by molar-refractivity contribution is 6.06. The van der Waals surface area contributed by atoms with Crippen LogP contribution in [0.25, 0.3) is 0 Å². The van der Waals surface area contributed by atoms with Crippen molar-refractivity contribution < 1.29 is 19.1 Å². The Hall–Kier alpha value is -3.40. The molecule has 0 fully saturated rings.